The van der Waals surface area contributed by atoms with Gasteiger partial charge < -0.3 is 15.5 Å². The molecule has 0 radical (unpaired) electrons. The molecule has 0 aromatic rings. The first kappa shape index (κ1) is 12.8. The number of nitrogens with one attached hydrogen (secondary N) is 2. The zero-order chi connectivity index (χ0) is 12.3. The van der Waals surface area contributed by atoms with Gasteiger partial charge in [-0.05, 0) is 51.2 Å². The highest BCUT2D eigenvalue weighted by molar-refractivity contribution is 5.82. The van der Waals surface area contributed by atoms with Crippen molar-refractivity contribution < 1.29 is 4.79 Å². The highest BCUT2D eigenvalue weighted by Crippen LogP contribution is 2.38. The van der Waals surface area contributed by atoms with Crippen LogP contribution in [0.25, 0.3) is 0 Å². The number of carbonyl (C=O) groups is 1. The number of amides is 1. The number of fused-ring (bicyclic) bond motifs is 1. The average molecular weight is 239 g/mol. The molecular formula is C13H25N3O. The summed E-state index contributed by atoms with van der Waals surface area (Å²) >= 11 is 0. The van der Waals surface area contributed by atoms with Crippen molar-refractivity contribution in [1.82, 2.24) is 15.5 Å². The standard InChI is InChI=1S/C13H25N3O/c1-14-7-4-8-16(2)13(17)12-11-6-3-5-10(11)9-15-12/h10-12,14-15H,3-9H2,1-2H3. The SMILES string of the molecule is CNCCCN(C)C(=O)C1NCC2CCCC21. The Morgan fingerprint density at radius 2 is 2.29 bits per heavy atom. The van der Waals surface area contributed by atoms with E-state index in [0.717, 1.165) is 32.0 Å². The highest BCUT2D eigenvalue weighted by atomic mass is 16.2. The van der Waals surface area contributed by atoms with Crippen molar-refractivity contribution >= 4 is 5.91 Å². The van der Waals surface area contributed by atoms with E-state index < -0.39 is 0 Å². The molecule has 0 bridgehead atoms. The van der Waals surface area contributed by atoms with Crippen LogP contribution in [0.1, 0.15) is 25.7 Å². The molecule has 1 heterocycles. The lowest BCUT2D eigenvalue weighted by atomic mass is 9.93. The second-order valence-electron chi connectivity index (χ2n) is 5.46. The first-order valence-corrected chi connectivity index (χ1v) is 6.87. The number of rotatable bonds is 5. The van der Waals surface area contributed by atoms with Crippen LogP contribution in [0.3, 0.4) is 0 Å². The summed E-state index contributed by atoms with van der Waals surface area (Å²) in [6, 6.07) is 0.0992. The van der Waals surface area contributed by atoms with Gasteiger partial charge in [-0.2, -0.15) is 0 Å². The van der Waals surface area contributed by atoms with Gasteiger partial charge >= 0.3 is 0 Å². The summed E-state index contributed by atoms with van der Waals surface area (Å²) < 4.78 is 0. The van der Waals surface area contributed by atoms with Gasteiger partial charge in [-0.1, -0.05) is 6.42 Å². The third-order valence-corrected chi connectivity index (χ3v) is 4.31. The molecule has 2 rings (SSSR count). The summed E-state index contributed by atoms with van der Waals surface area (Å²) in [5, 5.41) is 6.54. The summed E-state index contributed by atoms with van der Waals surface area (Å²) in [6.07, 6.45) is 4.88. The summed E-state index contributed by atoms with van der Waals surface area (Å²) in [6.45, 7) is 2.88. The lowest BCUT2D eigenvalue weighted by molar-refractivity contribution is -0.132. The van der Waals surface area contributed by atoms with Crippen LogP contribution in [0.15, 0.2) is 0 Å². The molecule has 3 unspecified atom stereocenters. The van der Waals surface area contributed by atoms with E-state index in [0.29, 0.717) is 11.8 Å². The minimum atomic E-state index is 0.0992. The topological polar surface area (TPSA) is 44.4 Å². The second-order valence-corrected chi connectivity index (χ2v) is 5.46. The molecule has 0 aromatic carbocycles. The van der Waals surface area contributed by atoms with Gasteiger partial charge in [-0.15, -0.1) is 0 Å². The van der Waals surface area contributed by atoms with Gasteiger partial charge in [-0.25, -0.2) is 0 Å². The third kappa shape index (κ3) is 2.80. The fraction of sp³-hybridized carbons (Fsp3) is 0.923. The fourth-order valence-electron chi connectivity index (χ4n) is 3.30. The summed E-state index contributed by atoms with van der Waals surface area (Å²) in [7, 11) is 3.88. The van der Waals surface area contributed by atoms with Crippen LogP contribution >= 0.6 is 0 Å². The van der Waals surface area contributed by atoms with Crippen LogP contribution in [-0.2, 0) is 4.79 Å². The molecule has 0 aromatic heterocycles. The van der Waals surface area contributed by atoms with Crippen molar-refractivity contribution in [3.05, 3.63) is 0 Å². The lowest BCUT2D eigenvalue weighted by Gasteiger charge is -2.24. The summed E-state index contributed by atoms with van der Waals surface area (Å²) in [4.78, 5) is 14.2. The zero-order valence-corrected chi connectivity index (χ0v) is 11.0. The van der Waals surface area contributed by atoms with Crippen molar-refractivity contribution in [2.24, 2.45) is 11.8 Å². The van der Waals surface area contributed by atoms with E-state index in [2.05, 4.69) is 10.6 Å². The Kier molecular flexibility index (Phi) is 4.40. The maximum Gasteiger partial charge on any atom is 0.239 e. The van der Waals surface area contributed by atoms with Gasteiger partial charge in [0.2, 0.25) is 5.91 Å². The van der Waals surface area contributed by atoms with E-state index in [1.807, 2.05) is 19.0 Å². The molecular weight excluding hydrogens is 214 g/mol. The minimum absolute atomic E-state index is 0.0992. The Morgan fingerprint density at radius 1 is 1.47 bits per heavy atom. The van der Waals surface area contributed by atoms with Gasteiger partial charge in [-0.3, -0.25) is 4.79 Å². The predicted octanol–water partition coefficient (Wildman–Crippen LogP) is 0.442. The number of likely N-dealkylation sites (N-methyl/N-ethyl adjacent to an activating group) is 1. The minimum Gasteiger partial charge on any atom is -0.344 e. The Balaban J connectivity index is 1.82. The molecule has 0 spiro atoms. The number of hydrogen-bond acceptors (Lipinski definition) is 3. The van der Waals surface area contributed by atoms with E-state index in [1.165, 1.54) is 19.3 Å². The second kappa shape index (κ2) is 5.83. The number of nitrogens with zero attached hydrogens (tertiary/aromatic N) is 1. The van der Waals surface area contributed by atoms with E-state index >= 15 is 0 Å². The zero-order valence-electron chi connectivity index (χ0n) is 11.0. The van der Waals surface area contributed by atoms with E-state index in [-0.39, 0.29) is 6.04 Å². The summed E-state index contributed by atoms with van der Waals surface area (Å²) in [5.74, 6) is 1.67. The van der Waals surface area contributed by atoms with Crippen LogP contribution in [0.5, 0.6) is 0 Å². The third-order valence-electron chi connectivity index (χ3n) is 4.31. The molecule has 4 nitrogen and oxygen atoms in total. The largest absolute Gasteiger partial charge is 0.344 e. The van der Waals surface area contributed by atoms with E-state index in [1.54, 1.807) is 0 Å². The highest BCUT2D eigenvalue weighted by Gasteiger charge is 2.43. The van der Waals surface area contributed by atoms with Crippen LogP contribution in [0.4, 0.5) is 0 Å². The molecule has 98 valence electrons. The molecule has 1 aliphatic heterocycles. The monoisotopic (exact) mass is 239 g/mol. The van der Waals surface area contributed by atoms with Crippen molar-refractivity contribution in [1.29, 1.82) is 0 Å². The van der Waals surface area contributed by atoms with Crippen molar-refractivity contribution in [3.8, 4) is 0 Å². The molecule has 17 heavy (non-hydrogen) atoms. The molecule has 1 aliphatic carbocycles. The van der Waals surface area contributed by atoms with Crippen LogP contribution in [-0.4, -0.2) is 50.6 Å². The maximum absolute atomic E-state index is 12.3. The van der Waals surface area contributed by atoms with Gasteiger partial charge in [0.15, 0.2) is 0 Å². The van der Waals surface area contributed by atoms with Crippen molar-refractivity contribution in [3.63, 3.8) is 0 Å². The van der Waals surface area contributed by atoms with Gasteiger partial charge in [0.1, 0.15) is 0 Å². The van der Waals surface area contributed by atoms with Gasteiger partial charge in [0, 0.05) is 13.6 Å². The molecule has 1 saturated carbocycles. The number of hydrogen-bond donors (Lipinski definition) is 2. The molecule has 1 saturated heterocycles. The fourth-order valence-corrected chi connectivity index (χ4v) is 3.30. The van der Waals surface area contributed by atoms with Crippen LogP contribution in [0, 0.1) is 11.8 Å². The average Bonchev–Trinajstić information content (AvgIpc) is 2.90. The molecule has 4 heteroatoms. The van der Waals surface area contributed by atoms with E-state index in [4.69, 9.17) is 0 Å². The van der Waals surface area contributed by atoms with Crippen molar-refractivity contribution in [2.75, 3.05) is 33.7 Å². The van der Waals surface area contributed by atoms with Crippen molar-refractivity contribution in [2.45, 2.75) is 31.7 Å². The Hall–Kier alpha value is -0.610. The van der Waals surface area contributed by atoms with Crippen LogP contribution < -0.4 is 10.6 Å². The van der Waals surface area contributed by atoms with Crippen LogP contribution in [0.2, 0.25) is 0 Å². The molecule has 3 atom stereocenters. The lowest BCUT2D eigenvalue weighted by Crippen LogP contribution is -2.45. The first-order chi connectivity index (χ1) is 8.24. The number of carbonyl (C=O) groups excluding carboxylic acids is 1. The van der Waals surface area contributed by atoms with Gasteiger partial charge in [0.25, 0.3) is 0 Å². The molecule has 2 N–H and O–H groups in total. The maximum atomic E-state index is 12.3. The molecule has 1 amide bonds. The quantitative estimate of drug-likeness (QED) is 0.684. The predicted molar refractivity (Wildman–Crippen MR) is 68.8 cm³/mol. The first-order valence-electron chi connectivity index (χ1n) is 6.87. The summed E-state index contributed by atoms with van der Waals surface area (Å²) in [5.41, 5.74) is 0. The Bertz CT molecular complexity index is 269. The Labute approximate surface area is 104 Å². The molecule has 2 aliphatic rings. The molecule has 2 fully saturated rings. The normalized spacial score (nSPS) is 31.5. The van der Waals surface area contributed by atoms with E-state index in [9.17, 15) is 4.79 Å². The Morgan fingerprint density at radius 3 is 3.06 bits per heavy atom. The smallest absolute Gasteiger partial charge is 0.239 e. The van der Waals surface area contributed by atoms with Gasteiger partial charge in [0.05, 0.1) is 6.04 Å².